The SMILES string of the molecule is CSc1ccc(C(=O)N(C)Cc2ccc(Br)s2)cc1. The molecule has 0 fully saturated rings. The van der Waals surface area contributed by atoms with E-state index in [-0.39, 0.29) is 5.91 Å². The summed E-state index contributed by atoms with van der Waals surface area (Å²) in [6, 6.07) is 11.8. The summed E-state index contributed by atoms with van der Waals surface area (Å²) in [7, 11) is 1.83. The first-order valence-corrected chi connectivity index (χ1v) is 8.57. The molecule has 0 unspecified atom stereocenters. The van der Waals surface area contributed by atoms with Gasteiger partial charge < -0.3 is 4.90 Å². The zero-order valence-electron chi connectivity index (χ0n) is 10.7. The first kappa shape index (κ1) is 14.6. The largest absolute Gasteiger partial charge is 0.337 e. The van der Waals surface area contributed by atoms with Crippen LogP contribution in [0.25, 0.3) is 0 Å². The number of nitrogens with zero attached hydrogens (tertiary/aromatic N) is 1. The van der Waals surface area contributed by atoms with Crippen molar-refractivity contribution in [3.63, 3.8) is 0 Å². The molecule has 1 aromatic carbocycles. The van der Waals surface area contributed by atoms with Crippen LogP contribution in [-0.2, 0) is 6.54 Å². The van der Waals surface area contributed by atoms with Crippen LogP contribution >= 0.6 is 39.0 Å². The molecule has 0 radical (unpaired) electrons. The summed E-state index contributed by atoms with van der Waals surface area (Å²) in [5, 5.41) is 0. The molecule has 0 saturated carbocycles. The maximum Gasteiger partial charge on any atom is 0.253 e. The van der Waals surface area contributed by atoms with Crippen LogP contribution in [0.2, 0.25) is 0 Å². The molecule has 2 aromatic rings. The lowest BCUT2D eigenvalue weighted by Crippen LogP contribution is -2.25. The maximum atomic E-state index is 12.3. The third-order valence-corrected chi connectivity index (χ3v) is 5.06. The van der Waals surface area contributed by atoms with Crippen molar-refractivity contribution in [2.24, 2.45) is 0 Å². The van der Waals surface area contributed by atoms with E-state index in [0.29, 0.717) is 6.54 Å². The van der Waals surface area contributed by atoms with Crippen LogP contribution in [0, 0.1) is 0 Å². The lowest BCUT2D eigenvalue weighted by atomic mass is 10.2. The van der Waals surface area contributed by atoms with Crippen LogP contribution in [0.5, 0.6) is 0 Å². The van der Waals surface area contributed by atoms with E-state index in [1.165, 1.54) is 9.77 Å². The molecule has 0 aliphatic heterocycles. The molecule has 0 aliphatic carbocycles. The number of hydrogen-bond acceptors (Lipinski definition) is 3. The highest BCUT2D eigenvalue weighted by Gasteiger charge is 2.12. The summed E-state index contributed by atoms with van der Waals surface area (Å²) in [6.45, 7) is 0.638. The van der Waals surface area contributed by atoms with E-state index in [0.717, 1.165) is 9.35 Å². The third-order valence-electron chi connectivity index (χ3n) is 2.71. The zero-order valence-corrected chi connectivity index (χ0v) is 13.9. The van der Waals surface area contributed by atoms with Gasteiger partial charge >= 0.3 is 0 Å². The topological polar surface area (TPSA) is 20.3 Å². The van der Waals surface area contributed by atoms with Gasteiger partial charge in [0.2, 0.25) is 0 Å². The van der Waals surface area contributed by atoms with Crippen LogP contribution in [0.4, 0.5) is 0 Å². The monoisotopic (exact) mass is 355 g/mol. The minimum Gasteiger partial charge on any atom is -0.337 e. The van der Waals surface area contributed by atoms with Crippen molar-refractivity contribution in [1.29, 1.82) is 0 Å². The summed E-state index contributed by atoms with van der Waals surface area (Å²) >= 11 is 6.76. The van der Waals surface area contributed by atoms with Gasteiger partial charge in [-0.05, 0) is 58.6 Å². The van der Waals surface area contributed by atoms with Gasteiger partial charge in [0, 0.05) is 22.4 Å². The lowest BCUT2D eigenvalue weighted by molar-refractivity contribution is 0.0786. The average Bonchev–Trinajstić information content (AvgIpc) is 2.83. The van der Waals surface area contributed by atoms with Gasteiger partial charge in [0.05, 0.1) is 10.3 Å². The van der Waals surface area contributed by atoms with Crippen molar-refractivity contribution in [2.75, 3.05) is 13.3 Å². The standard InChI is InChI=1S/C14H14BrNOS2/c1-16(9-12-7-8-13(15)19-12)14(17)10-3-5-11(18-2)6-4-10/h3-8H,9H2,1-2H3. The first-order valence-electron chi connectivity index (χ1n) is 5.74. The highest BCUT2D eigenvalue weighted by molar-refractivity contribution is 9.11. The fourth-order valence-corrected chi connectivity index (χ4v) is 3.64. The first-order chi connectivity index (χ1) is 9.10. The van der Waals surface area contributed by atoms with E-state index < -0.39 is 0 Å². The van der Waals surface area contributed by atoms with Crippen LogP contribution in [0.1, 0.15) is 15.2 Å². The summed E-state index contributed by atoms with van der Waals surface area (Å²) in [6.07, 6.45) is 2.03. The molecule has 2 rings (SSSR count). The number of thioether (sulfide) groups is 1. The summed E-state index contributed by atoms with van der Waals surface area (Å²) in [4.78, 5) is 16.3. The molecule has 0 N–H and O–H groups in total. The van der Waals surface area contributed by atoms with Crippen molar-refractivity contribution in [1.82, 2.24) is 4.90 Å². The van der Waals surface area contributed by atoms with E-state index in [9.17, 15) is 4.79 Å². The van der Waals surface area contributed by atoms with Crippen molar-refractivity contribution < 1.29 is 4.79 Å². The fraction of sp³-hybridized carbons (Fsp3) is 0.214. The number of benzene rings is 1. The van der Waals surface area contributed by atoms with Gasteiger partial charge in [-0.2, -0.15) is 0 Å². The molecule has 19 heavy (non-hydrogen) atoms. The number of halogens is 1. The van der Waals surface area contributed by atoms with Gasteiger partial charge in [-0.1, -0.05) is 0 Å². The van der Waals surface area contributed by atoms with Gasteiger partial charge in [-0.25, -0.2) is 0 Å². The smallest absolute Gasteiger partial charge is 0.253 e. The molecule has 0 atom stereocenters. The van der Waals surface area contributed by atoms with Gasteiger partial charge in [-0.15, -0.1) is 23.1 Å². The van der Waals surface area contributed by atoms with Gasteiger partial charge in [0.15, 0.2) is 0 Å². The normalized spacial score (nSPS) is 10.5. The van der Waals surface area contributed by atoms with Crippen LogP contribution in [0.15, 0.2) is 45.1 Å². The summed E-state index contributed by atoms with van der Waals surface area (Å²) < 4.78 is 1.09. The molecule has 0 aliphatic rings. The third kappa shape index (κ3) is 3.84. The highest BCUT2D eigenvalue weighted by atomic mass is 79.9. The zero-order chi connectivity index (χ0) is 13.8. The number of amides is 1. The molecule has 0 saturated heterocycles. The second-order valence-electron chi connectivity index (χ2n) is 4.10. The predicted octanol–water partition coefficient (Wildman–Crippen LogP) is 4.50. The Bertz CT molecular complexity index is 565. The van der Waals surface area contributed by atoms with Crippen molar-refractivity contribution >= 4 is 44.9 Å². The lowest BCUT2D eigenvalue weighted by Gasteiger charge is -2.16. The molecule has 1 amide bonds. The number of rotatable bonds is 4. The molecular weight excluding hydrogens is 342 g/mol. The highest BCUT2D eigenvalue weighted by Crippen LogP contribution is 2.23. The number of carbonyl (C=O) groups is 1. The molecular formula is C14H14BrNOS2. The van der Waals surface area contributed by atoms with Crippen molar-refractivity contribution in [2.45, 2.75) is 11.4 Å². The van der Waals surface area contributed by atoms with Gasteiger partial charge in [0.1, 0.15) is 0 Å². The maximum absolute atomic E-state index is 12.3. The van der Waals surface area contributed by atoms with E-state index >= 15 is 0 Å². The molecule has 5 heteroatoms. The Morgan fingerprint density at radius 3 is 2.47 bits per heavy atom. The van der Waals surface area contributed by atoms with Crippen LogP contribution in [-0.4, -0.2) is 24.1 Å². The second kappa shape index (κ2) is 6.59. The number of carbonyl (C=O) groups excluding carboxylic acids is 1. The van der Waals surface area contributed by atoms with Gasteiger partial charge in [-0.3, -0.25) is 4.79 Å². The van der Waals surface area contributed by atoms with E-state index in [2.05, 4.69) is 15.9 Å². The molecule has 0 bridgehead atoms. The molecule has 1 aromatic heterocycles. The summed E-state index contributed by atoms with van der Waals surface area (Å²) in [5.74, 6) is 0.0529. The minimum absolute atomic E-state index is 0.0529. The number of thiophene rings is 1. The van der Waals surface area contributed by atoms with Crippen molar-refractivity contribution in [3.8, 4) is 0 Å². The van der Waals surface area contributed by atoms with E-state index in [1.54, 1.807) is 28.0 Å². The molecule has 0 spiro atoms. The van der Waals surface area contributed by atoms with E-state index in [4.69, 9.17) is 0 Å². The Labute approximate surface area is 130 Å². The minimum atomic E-state index is 0.0529. The molecule has 2 nitrogen and oxygen atoms in total. The Kier molecular flexibility index (Phi) is 5.07. The molecule has 100 valence electrons. The Hall–Kier alpha value is -0.780. The fourth-order valence-electron chi connectivity index (χ4n) is 1.70. The quantitative estimate of drug-likeness (QED) is 0.752. The Balaban J connectivity index is 2.05. The van der Waals surface area contributed by atoms with Gasteiger partial charge in [0.25, 0.3) is 5.91 Å². The Morgan fingerprint density at radius 2 is 1.95 bits per heavy atom. The van der Waals surface area contributed by atoms with E-state index in [1.807, 2.05) is 49.7 Å². The van der Waals surface area contributed by atoms with Crippen molar-refractivity contribution in [3.05, 3.63) is 50.6 Å². The van der Waals surface area contributed by atoms with Crippen LogP contribution < -0.4 is 0 Å². The predicted molar refractivity (Wildman–Crippen MR) is 86.0 cm³/mol. The Morgan fingerprint density at radius 1 is 1.26 bits per heavy atom. The summed E-state index contributed by atoms with van der Waals surface area (Å²) in [5.41, 5.74) is 0.732. The second-order valence-corrected chi connectivity index (χ2v) is 7.52. The molecule has 1 heterocycles. The number of hydrogen-bond donors (Lipinski definition) is 0. The average molecular weight is 356 g/mol. The van der Waals surface area contributed by atoms with Crippen LogP contribution in [0.3, 0.4) is 0 Å².